The van der Waals surface area contributed by atoms with E-state index in [0.29, 0.717) is 30.1 Å². The summed E-state index contributed by atoms with van der Waals surface area (Å²) in [6.07, 6.45) is 42.8. The summed E-state index contributed by atoms with van der Waals surface area (Å²) in [4.78, 5) is 26.4. The highest BCUT2D eigenvalue weighted by atomic mass is 16.5. The van der Waals surface area contributed by atoms with E-state index in [1.54, 1.807) is 6.92 Å². The van der Waals surface area contributed by atoms with Gasteiger partial charge >= 0.3 is 0 Å². The number of hydrogen-bond donors (Lipinski definition) is 2. The van der Waals surface area contributed by atoms with Crippen LogP contribution in [-0.2, 0) is 14.3 Å². The second kappa shape index (κ2) is 33.4. The van der Waals surface area contributed by atoms with Crippen molar-refractivity contribution < 1.29 is 14.3 Å². The zero-order valence-electron chi connectivity index (χ0n) is 33.3. The average molecular weight is 687 g/mol. The van der Waals surface area contributed by atoms with Crippen LogP contribution in [0.2, 0.25) is 0 Å². The van der Waals surface area contributed by atoms with Crippen molar-refractivity contribution in [2.45, 2.75) is 226 Å². The molecule has 2 N–H and O–H groups in total. The molecule has 0 saturated heterocycles. The molecule has 0 aromatic rings. The zero-order valence-corrected chi connectivity index (χ0v) is 33.3. The number of allylic oxidation sites excluding steroid dienone is 1. The van der Waals surface area contributed by atoms with Crippen LogP contribution < -0.4 is 10.6 Å². The first-order chi connectivity index (χ1) is 24.1. The Morgan fingerprint density at radius 1 is 0.388 bits per heavy atom. The molecule has 1 aliphatic rings. The van der Waals surface area contributed by atoms with Crippen molar-refractivity contribution in [2.75, 3.05) is 20.2 Å². The van der Waals surface area contributed by atoms with Crippen molar-refractivity contribution in [1.29, 1.82) is 0 Å². The normalized spacial score (nSPS) is 13.6. The number of nitrogens with one attached hydrogen (secondary N) is 2. The van der Waals surface area contributed by atoms with Gasteiger partial charge in [-0.1, -0.05) is 206 Å². The number of methoxy groups -OCH3 is 1. The molecule has 0 atom stereocenters. The largest absolute Gasteiger partial charge is 0.491 e. The maximum atomic E-state index is 13.2. The van der Waals surface area contributed by atoms with Gasteiger partial charge in [0.2, 0.25) is 11.6 Å². The summed E-state index contributed by atoms with van der Waals surface area (Å²) in [6.45, 7) is 7.73. The van der Waals surface area contributed by atoms with Gasteiger partial charge in [-0.2, -0.15) is 0 Å². The van der Waals surface area contributed by atoms with Crippen LogP contribution in [-0.4, -0.2) is 31.8 Å². The van der Waals surface area contributed by atoms with Gasteiger partial charge in [0.25, 0.3) is 0 Å². The minimum Gasteiger partial charge on any atom is -0.491 e. The van der Waals surface area contributed by atoms with E-state index in [1.807, 2.05) is 0 Å². The van der Waals surface area contributed by atoms with Crippen LogP contribution in [0.15, 0.2) is 22.7 Å². The molecule has 0 bridgehead atoms. The smallest absolute Gasteiger partial charge is 0.246 e. The molecule has 286 valence electrons. The molecule has 0 heterocycles. The van der Waals surface area contributed by atoms with Gasteiger partial charge in [0.05, 0.1) is 12.8 Å². The average Bonchev–Trinajstić information content (AvgIpc) is 3.10. The number of carbonyl (C=O) groups is 2. The van der Waals surface area contributed by atoms with Crippen LogP contribution in [0, 0.1) is 0 Å². The van der Waals surface area contributed by atoms with E-state index < -0.39 is 0 Å². The Bertz CT molecular complexity index is 877. The summed E-state index contributed by atoms with van der Waals surface area (Å²) >= 11 is 0. The fourth-order valence-electron chi connectivity index (χ4n) is 7.14. The van der Waals surface area contributed by atoms with Crippen LogP contribution in [0.5, 0.6) is 0 Å². The van der Waals surface area contributed by atoms with Gasteiger partial charge in [-0.25, -0.2) is 0 Å². The van der Waals surface area contributed by atoms with Crippen LogP contribution >= 0.6 is 0 Å². The van der Waals surface area contributed by atoms with Crippen molar-refractivity contribution in [3.05, 3.63) is 22.7 Å². The van der Waals surface area contributed by atoms with Crippen LogP contribution in [0.1, 0.15) is 226 Å². The Hall–Kier alpha value is -1.78. The summed E-state index contributed by atoms with van der Waals surface area (Å²) in [5.74, 6) is -0.172. The number of unbranched alkanes of at least 4 members (excludes halogenated alkanes) is 30. The first-order valence-electron chi connectivity index (χ1n) is 21.6. The fraction of sp³-hybridized carbons (Fsp3) is 0.864. The van der Waals surface area contributed by atoms with E-state index in [-0.39, 0.29) is 17.3 Å². The Labute approximate surface area is 305 Å². The summed E-state index contributed by atoms with van der Waals surface area (Å²) in [5.41, 5.74) is 1.24. The predicted octanol–water partition coefficient (Wildman–Crippen LogP) is 13.0. The van der Waals surface area contributed by atoms with Gasteiger partial charge in [-0.05, 0) is 19.8 Å². The summed E-state index contributed by atoms with van der Waals surface area (Å²) in [6, 6.07) is 0. The highest BCUT2D eigenvalue weighted by Crippen LogP contribution is 2.23. The van der Waals surface area contributed by atoms with E-state index in [0.717, 1.165) is 25.7 Å². The van der Waals surface area contributed by atoms with Crippen molar-refractivity contribution in [3.8, 4) is 0 Å². The zero-order chi connectivity index (χ0) is 35.6. The van der Waals surface area contributed by atoms with Crippen molar-refractivity contribution in [2.24, 2.45) is 0 Å². The van der Waals surface area contributed by atoms with E-state index in [1.165, 1.54) is 187 Å². The number of rotatable bonds is 37. The molecule has 5 heteroatoms. The second-order valence-corrected chi connectivity index (χ2v) is 15.0. The molecular weight excluding hydrogens is 604 g/mol. The third-order valence-electron chi connectivity index (χ3n) is 10.5. The molecule has 0 radical (unpaired) electrons. The monoisotopic (exact) mass is 687 g/mol. The summed E-state index contributed by atoms with van der Waals surface area (Å²) in [5, 5.41) is 6.53. The highest BCUT2D eigenvalue weighted by Gasteiger charge is 2.33. The molecule has 0 aromatic heterocycles. The van der Waals surface area contributed by atoms with Crippen LogP contribution in [0.25, 0.3) is 0 Å². The topological polar surface area (TPSA) is 67.4 Å². The summed E-state index contributed by atoms with van der Waals surface area (Å²) in [7, 11) is 1.49. The maximum Gasteiger partial charge on any atom is 0.246 e. The number of ether oxygens (including phenoxy) is 1. The Morgan fingerprint density at radius 3 is 0.939 bits per heavy atom. The second-order valence-electron chi connectivity index (χ2n) is 15.0. The van der Waals surface area contributed by atoms with Gasteiger partial charge in [-0.3, -0.25) is 9.59 Å². The molecule has 0 saturated carbocycles. The van der Waals surface area contributed by atoms with E-state index in [2.05, 4.69) is 24.5 Å². The molecule has 1 rings (SSSR count). The van der Waals surface area contributed by atoms with Gasteiger partial charge in [-0.15, -0.1) is 0 Å². The lowest BCUT2D eigenvalue weighted by Crippen LogP contribution is -2.36. The number of carbonyl (C=O) groups excluding carboxylic acids is 2. The molecule has 0 unspecified atom stereocenters. The molecule has 0 aromatic carbocycles. The maximum absolute atomic E-state index is 13.2. The molecule has 0 amide bonds. The molecule has 1 aliphatic carbocycles. The third-order valence-corrected chi connectivity index (χ3v) is 10.5. The Morgan fingerprint density at radius 2 is 0.653 bits per heavy atom. The lowest BCUT2D eigenvalue weighted by atomic mass is 9.96. The highest BCUT2D eigenvalue weighted by molar-refractivity contribution is 6.23. The van der Waals surface area contributed by atoms with Gasteiger partial charge < -0.3 is 15.4 Å². The quantitative estimate of drug-likeness (QED) is 0.0503. The lowest BCUT2D eigenvalue weighted by molar-refractivity contribution is -0.119. The molecule has 0 spiro atoms. The molecular formula is C44H82N2O3. The third kappa shape index (κ3) is 23.3. The van der Waals surface area contributed by atoms with Crippen LogP contribution in [0.3, 0.4) is 0 Å². The minimum absolute atomic E-state index is 0.123. The number of hydrogen-bond acceptors (Lipinski definition) is 5. The fourth-order valence-corrected chi connectivity index (χ4v) is 7.14. The molecule has 0 aliphatic heterocycles. The van der Waals surface area contributed by atoms with E-state index in [4.69, 9.17) is 4.74 Å². The van der Waals surface area contributed by atoms with Gasteiger partial charge in [0.15, 0.2) is 5.76 Å². The van der Waals surface area contributed by atoms with Gasteiger partial charge in [0, 0.05) is 18.7 Å². The van der Waals surface area contributed by atoms with Gasteiger partial charge in [0.1, 0.15) is 5.70 Å². The SMILES string of the molecule is CCCCCCCCCCCCCCCCCCNC1=C(C)C(=O)C(NCCCCCCCCCCCCCCCCCC)=C(OC)C1=O. The Balaban J connectivity index is 2.08. The van der Waals surface area contributed by atoms with Crippen LogP contribution in [0.4, 0.5) is 0 Å². The first kappa shape index (κ1) is 45.2. The van der Waals surface area contributed by atoms with E-state index in [9.17, 15) is 9.59 Å². The molecule has 49 heavy (non-hydrogen) atoms. The Kier molecular flexibility index (Phi) is 30.8. The molecule has 0 fully saturated rings. The van der Waals surface area contributed by atoms with Crippen molar-refractivity contribution in [1.82, 2.24) is 10.6 Å². The summed E-state index contributed by atoms with van der Waals surface area (Å²) < 4.78 is 5.46. The lowest BCUT2D eigenvalue weighted by Gasteiger charge is -2.23. The standard InChI is InChI=1S/C44H82N2O3/c1-5-7-9-11-13-15-17-19-21-23-25-27-29-31-33-35-37-45-40-39(3)42(47)41(44(49-4)43(40)48)46-38-36-34-32-30-28-26-24-22-20-18-16-14-12-10-8-6-2/h45-46H,5-38H2,1-4H3. The van der Waals surface area contributed by atoms with E-state index >= 15 is 0 Å². The molecule has 5 nitrogen and oxygen atoms in total. The van der Waals surface area contributed by atoms with Crippen molar-refractivity contribution >= 4 is 11.6 Å². The number of ketones is 2. The predicted molar refractivity (Wildman–Crippen MR) is 212 cm³/mol. The minimum atomic E-state index is -0.203. The first-order valence-corrected chi connectivity index (χ1v) is 21.6. The van der Waals surface area contributed by atoms with Crippen molar-refractivity contribution in [3.63, 3.8) is 0 Å². The number of Topliss-reactive ketones (excluding diaryl/α,β-unsaturated/α-hetero) is 2.